The number of hydrogen-bond donors (Lipinski definition) is 0. The largest absolute Gasteiger partial charge is 0.597 e. The number of rotatable bonds is 5. The first-order valence-electron chi connectivity index (χ1n) is 9.12. The molecule has 0 aromatic carbocycles. The Kier molecular flexibility index (Phi) is 6.19. The molecule has 1 amide bonds. The van der Waals surface area contributed by atoms with Crippen LogP contribution in [0.4, 0.5) is 10.7 Å². The molecule has 1 atom stereocenters. The highest BCUT2D eigenvalue weighted by Gasteiger charge is 2.32. The van der Waals surface area contributed by atoms with Gasteiger partial charge in [-0.15, -0.1) is 5.01 Å². The molecule has 0 saturated carbocycles. The third-order valence-electron chi connectivity index (χ3n) is 4.18. The van der Waals surface area contributed by atoms with Crippen molar-refractivity contribution in [2.24, 2.45) is 4.99 Å². The highest BCUT2D eigenvalue weighted by atomic mass is 16.8. The molecule has 3 rings (SSSR count). The van der Waals surface area contributed by atoms with E-state index in [1.54, 1.807) is 25.7 Å². The summed E-state index contributed by atoms with van der Waals surface area (Å²) >= 11 is 0. The van der Waals surface area contributed by atoms with Crippen LogP contribution >= 0.6 is 0 Å². The van der Waals surface area contributed by atoms with E-state index in [0.717, 1.165) is 0 Å². The summed E-state index contributed by atoms with van der Waals surface area (Å²) in [7, 11) is 0. The molecule has 0 N–H and O–H groups in total. The van der Waals surface area contributed by atoms with Gasteiger partial charge in [-0.2, -0.15) is 4.99 Å². The second kappa shape index (κ2) is 8.61. The van der Waals surface area contributed by atoms with Crippen LogP contribution in [0.2, 0.25) is 0 Å². The van der Waals surface area contributed by atoms with Crippen molar-refractivity contribution >= 4 is 18.1 Å². The molecule has 12 nitrogen and oxygen atoms in total. The number of carbonyl (C=O) groups is 1. The third kappa shape index (κ3) is 5.23. The third-order valence-corrected chi connectivity index (χ3v) is 4.18. The summed E-state index contributed by atoms with van der Waals surface area (Å²) < 4.78 is 26.0. The van der Waals surface area contributed by atoms with Crippen LogP contribution in [-0.2, 0) is 18.9 Å². The number of aromatic nitrogens is 2. The molecular weight excluding hydrogens is 374 g/mol. The highest BCUT2D eigenvalue weighted by molar-refractivity contribution is 5.67. The molecule has 0 aliphatic carbocycles. The van der Waals surface area contributed by atoms with Crippen LogP contribution in [-0.4, -0.2) is 80.2 Å². The average Bonchev–Trinajstić information content (AvgIpc) is 3.26. The molecule has 1 aromatic rings. The summed E-state index contributed by atoms with van der Waals surface area (Å²) in [4.78, 5) is 18.5. The van der Waals surface area contributed by atoms with Crippen molar-refractivity contribution in [3.8, 4) is 0 Å². The molecule has 0 bridgehead atoms. The van der Waals surface area contributed by atoms with E-state index in [4.69, 9.17) is 23.5 Å². The number of nitrogens with zero attached hydrogens (tertiary/aromatic N) is 5. The predicted molar refractivity (Wildman–Crippen MR) is 91.2 cm³/mol. The van der Waals surface area contributed by atoms with Gasteiger partial charge in [-0.25, -0.2) is 4.79 Å². The summed E-state index contributed by atoms with van der Waals surface area (Å²) in [5.74, 6) is -0.663. The highest BCUT2D eigenvalue weighted by Crippen LogP contribution is 2.22. The van der Waals surface area contributed by atoms with E-state index in [1.165, 1.54) is 11.0 Å². The minimum absolute atomic E-state index is 0.0155. The van der Waals surface area contributed by atoms with E-state index in [-0.39, 0.29) is 24.7 Å². The van der Waals surface area contributed by atoms with Crippen molar-refractivity contribution in [1.82, 2.24) is 10.2 Å². The van der Waals surface area contributed by atoms with E-state index in [9.17, 15) is 9.90 Å². The van der Waals surface area contributed by atoms with Gasteiger partial charge in [0.25, 0.3) is 6.20 Å². The van der Waals surface area contributed by atoms with E-state index < -0.39 is 11.9 Å². The molecule has 1 aromatic heterocycles. The molecule has 2 aliphatic rings. The van der Waals surface area contributed by atoms with Crippen molar-refractivity contribution in [3.05, 3.63) is 6.20 Å². The molecule has 0 spiro atoms. The Morgan fingerprint density at radius 1 is 1.39 bits per heavy atom. The summed E-state index contributed by atoms with van der Waals surface area (Å²) in [6.45, 7) is 8.14. The van der Waals surface area contributed by atoms with E-state index in [1.807, 2.05) is 5.01 Å². The fraction of sp³-hybridized carbons (Fsp3) is 0.750. The molecule has 12 heteroatoms. The normalized spacial score (nSPS) is 22.4. The Bertz CT molecular complexity index is 699. The molecule has 156 valence electrons. The van der Waals surface area contributed by atoms with Gasteiger partial charge in [-0.1, -0.05) is 0 Å². The van der Waals surface area contributed by atoms with Gasteiger partial charge in [-0.3, -0.25) is 4.52 Å². The fourth-order valence-corrected chi connectivity index (χ4v) is 2.84. The fourth-order valence-electron chi connectivity index (χ4n) is 2.84. The number of hydrogen-bond acceptors (Lipinski definition) is 10. The topological polar surface area (TPSA) is 126 Å². The molecule has 2 saturated heterocycles. The van der Waals surface area contributed by atoms with Crippen molar-refractivity contribution in [2.75, 3.05) is 51.0 Å². The first-order valence-corrected chi connectivity index (χ1v) is 9.12. The second-order valence-electron chi connectivity index (χ2n) is 6.74. The van der Waals surface area contributed by atoms with Crippen LogP contribution in [0.5, 0.6) is 0 Å². The van der Waals surface area contributed by atoms with Gasteiger partial charge in [-0.05, 0) is 20.8 Å². The first-order chi connectivity index (χ1) is 13.4. The van der Waals surface area contributed by atoms with Crippen LogP contribution < -0.4 is 14.9 Å². The van der Waals surface area contributed by atoms with Crippen molar-refractivity contribution in [2.45, 2.75) is 32.7 Å². The minimum atomic E-state index is -0.802. The van der Waals surface area contributed by atoms with Gasteiger partial charge >= 0.3 is 12.0 Å². The van der Waals surface area contributed by atoms with E-state index >= 15 is 0 Å². The lowest BCUT2D eigenvalue weighted by Crippen LogP contribution is -2.65. The lowest BCUT2D eigenvalue weighted by Gasteiger charge is -2.29. The maximum Gasteiger partial charge on any atom is 0.409 e. The molecule has 0 unspecified atom stereocenters. The Labute approximate surface area is 162 Å². The summed E-state index contributed by atoms with van der Waals surface area (Å²) in [5.41, 5.74) is 0. The summed E-state index contributed by atoms with van der Waals surface area (Å²) in [6, 6.07) is 0. The van der Waals surface area contributed by atoms with Gasteiger partial charge in [0.2, 0.25) is 5.27 Å². The first kappa shape index (κ1) is 20.1. The van der Waals surface area contributed by atoms with Gasteiger partial charge in [0.1, 0.15) is 0 Å². The van der Waals surface area contributed by atoms with Gasteiger partial charge in [0, 0.05) is 19.7 Å². The smallest absolute Gasteiger partial charge is 0.409 e. The Morgan fingerprint density at radius 2 is 2.14 bits per heavy atom. The van der Waals surface area contributed by atoms with Gasteiger partial charge in [0.15, 0.2) is 11.9 Å². The minimum Gasteiger partial charge on any atom is -0.597 e. The summed E-state index contributed by atoms with van der Waals surface area (Å²) in [5, 5.41) is 17.5. The zero-order chi connectivity index (χ0) is 20.1. The number of aliphatic imine (C=N–C) groups is 1. The number of carbonyl (C=O) groups excluding carboxylic acids is 1. The van der Waals surface area contributed by atoms with E-state index in [0.29, 0.717) is 39.4 Å². The quantitative estimate of drug-likeness (QED) is 0.344. The average molecular weight is 399 g/mol. The summed E-state index contributed by atoms with van der Waals surface area (Å²) in [6.07, 6.45) is 0.0126. The predicted octanol–water partition coefficient (Wildman–Crippen LogP) is -1.11. The maximum absolute atomic E-state index is 11.8. The molecule has 2 fully saturated rings. The van der Waals surface area contributed by atoms with Crippen LogP contribution in [0.3, 0.4) is 0 Å². The Hall–Kier alpha value is -2.60. The Morgan fingerprint density at radius 3 is 2.79 bits per heavy atom. The van der Waals surface area contributed by atoms with E-state index in [2.05, 4.69) is 10.3 Å². The standard InChI is InChI=1S/C16H25N5O7/c1-4-24-15(23)19-5-7-20(8-6-19)21-9-13(28-18-21)17-14(22)25-10-12-11-26-16(2,3)27-12/h9,12H,4-8,10-11H2,1-3H3/t12-/m0/s1. The molecule has 3 heterocycles. The number of amides is 1. The van der Waals surface area contributed by atoms with Crippen LogP contribution in [0.1, 0.15) is 20.8 Å². The lowest BCUT2D eigenvalue weighted by atomic mass is 10.4. The second-order valence-corrected chi connectivity index (χ2v) is 6.74. The van der Waals surface area contributed by atoms with Crippen molar-refractivity contribution in [3.63, 3.8) is 0 Å². The molecule has 0 radical (unpaired) electrons. The van der Waals surface area contributed by atoms with Crippen molar-refractivity contribution < 1.29 is 38.2 Å². The van der Waals surface area contributed by atoms with Gasteiger partial charge < -0.3 is 29.0 Å². The SMILES string of the molecule is CCOC(=O)N1CCN([n+]2cc(N=C([O-])OC[C@H]3COC(C)(C)O3)on2)CC1. The monoisotopic (exact) mass is 399 g/mol. The van der Waals surface area contributed by atoms with Crippen LogP contribution in [0.25, 0.3) is 0 Å². The van der Waals surface area contributed by atoms with Gasteiger partial charge in [0.05, 0.1) is 37.2 Å². The zero-order valence-corrected chi connectivity index (χ0v) is 16.2. The van der Waals surface area contributed by atoms with Crippen molar-refractivity contribution in [1.29, 1.82) is 0 Å². The van der Waals surface area contributed by atoms with Crippen LogP contribution in [0.15, 0.2) is 15.7 Å². The molecule has 2 aliphatic heterocycles. The molecular formula is C16H25N5O7. The molecule has 28 heavy (non-hydrogen) atoms. The zero-order valence-electron chi connectivity index (χ0n) is 16.2. The Balaban J connectivity index is 1.47. The maximum atomic E-state index is 11.8. The lowest BCUT2D eigenvalue weighted by molar-refractivity contribution is -0.759. The van der Waals surface area contributed by atoms with Crippen LogP contribution in [0, 0.1) is 0 Å². The number of piperazine rings is 1. The number of ether oxygens (including phenoxy) is 4.